The lowest BCUT2D eigenvalue weighted by Gasteiger charge is -2.35. The van der Waals surface area contributed by atoms with E-state index in [4.69, 9.17) is 4.74 Å². The minimum Gasteiger partial charge on any atom is -0.391 e. The van der Waals surface area contributed by atoms with Crippen molar-refractivity contribution in [1.29, 1.82) is 0 Å². The molecule has 0 bridgehead atoms. The second-order valence-electron chi connectivity index (χ2n) is 7.17. The molecule has 0 aliphatic carbocycles. The fraction of sp³-hybridized carbons (Fsp3) is 0.632. The molecule has 1 heterocycles. The van der Waals surface area contributed by atoms with Gasteiger partial charge in [-0.3, -0.25) is 9.69 Å². The molecule has 0 saturated carbocycles. The summed E-state index contributed by atoms with van der Waals surface area (Å²) in [7, 11) is 0. The van der Waals surface area contributed by atoms with Crippen LogP contribution in [0.1, 0.15) is 43.6 Å². The number of carbonyl (C=O) groups is 1. The quantitative estimate of drug-likeness (QED) is 0.836. The van der Waals surface area contributed by atoms with Gasteiger partial charge in [0.1, 0.15) is 0 Å². The highest BCUT2D eigenvalue weighted by Crippen LogP contribution is 2.15. The summed E-state index contributed by atoms with van der Waals surface area (Å²) in [6.07, 6.45) is -0.00380. The lowest BCUT2D eigenvalue weighted by molar-refractivity contribution is -0.0704. The first-order chi connectivity index (χ1) is 11.3. The second-order valence-corrected chi connectivity index (χ2v) is 7.17. The van der Waals surface area contributed by atoms with Crippen LogP contribution in [0.15, 0.2) is 24.3 Å². The summed E-state index contributed by atoms with van der Waals surface area (Å²) in [6.45, 7) is 11.1. The van der Waals surface area contributed by atoms with Crippen LogP contribution in [0.2, 0.25) is 0 Å². The second kappa shape index (κ2) is 8.60. The Morgan fingerprint density at radius 1 is 1.25 bits per heavy atom. The predicted octanol–water partition coefficient (Wildman–Crippen LogP) is 2.04. The van der Waals surface area contributed by atoms with Gasteiger partial charge < -0.3 is 15.2 Å². The Kier molecular flexibility index (Phi) is 6.78. The van der Waals surface area contributed by atoms with E-state index in [0.717, 1.165) is 19.6 Å². The van der Waals surface area contributed by atoms with Crippen LogP contribution in [-0.2, 0) is 11.3 Å². The molecule has 1 aliphatic heterocycles. The SMILES string of the molecule is CC1CN(Cc2ccc(C(=O)NCC(O)C(C)C)cc2)CC(C)O1. The predicted molar refractivity (Wildman–Crippen MR) is 94.9 cm³/mol. The van der Waals surface area contributed by atoms with Crippen molar-refractivity contribution in [3.05, 3.63) is 35.4 Å². The van der Waals surface area contributed by atoms with Gasteiger partial charge in [-0.15, -0.1) is 0 Å². The summed E-state index contributed by atoms with van der Waals surface area (Å²) in [6, 6.07) is 7.69. The Morgan fingerprint density at radius 3 is 2.38 bits per heavy atom. The van der Waals surface area contributed by atoms with Gasteiger partial charge in [0.05, 0.1) is 18.3 Å². The highest BCUT2D eigenvalue weighted by atomic mass is 16.5. The van der Waals surface area contributed by atoms with Crippen LogP contribution in [-0.4, -0.2) is 53.9 Å². The molecule has 1 aliphatic rings. The smallest absolute Gasteiger partial charge is 0.251 e. The monoisotopic (exact) mass is 334 g/mol. The van der Waals surface area contributed by atoms with Gasteiger partial charge in [-0.25, -0.2) is 0 Å². The zero-order valence-electron chi connectivity index (χ0n) is 15.2. The van der Waals surface area contributed by atoms with E-state index in [1.807, 2.05) is 38.1 Å². The van der Waals surface area contributed by atoms with Crippen LogP contribution < -0.4 is 5.32 Å². The molecule has 0 radical (unpaired) electrons. The number of benzene rings is 1. The van der Waals surface area contributed by atoms with Crippen LogP contribution in [0.3, 0.4) is 0 Å². The van der Waals surface area contributed by atoms with Crippen molar-refractivity contribution in [3.8, 4) is 0 Å². The molecule has 1 aromatic carbocycles. The standard InChI is InChI=1S/C19H30N2O3/c1-13(2)18(22)9-20-19(23)17-7-5-16(6-8-17)12-21-10-14(3)24-15(4)11-21/h5-8,13-15,18,22H,9-12H2,1-4H3,(H,20,23). The zero-order chi connectivity index (χ0) is 17.7. The molecule has 1 amide bonds. The molecular formula is C19H30N2O3. The molecule has 3 unspecified atom stereocenters. The Labute approximate surface area is 145 Å². The number of ether oxygens (including phenoxy) is 1. The lowest BCUT2D eigenvalue weighted by atomic mass is 10.1. The number of hydrogen-bond donors (Lipinski definition) is 2. The van der Waals surface area contributed by atoms with E-state index < -0.39 is 6.10 Å². The Morgan fingerprint density at radius 2 is 1.83 bits per heavy atom. The van der Waals surface area contributed by atoms with E-state index in [1.54, 1.807) is 0 Å². The van der Waals surface area contributed by atoms with Crippen LogP contribution in [0, 0.1) is 5.92 Å². The number of carbonyl (C=O) groups excluding carboxylic acids is 1. The fourth-order valence-electron chi connectivity index (χ4n) is 2.97. The van der Waals surface area contributed by atoms with Gasteiger partial charge in [0, 0.05) is 31.7 Å². The van der Waals surface area contributed by atoms with Gasteiger partial charge in [-0.05, 0) is 37.5 Å². The molecule has 1 aromatic rings. The first-order valence-corrected chi connectivity index (χ1v) is 8.78. The molecule has 2 N–H and O–H groups in total. The summed E-state index contributed by atoms with van der Waals surface area (Å²) in [5.74, 6) is -0.0131. The normalized spacial score (nSPS) is 23.2. The molecule has 0 spiro atoms. The number of hydrogen-bond acceptors (Lipinski definition) is 4. The van der Waals surface area contributed by atoms with E-state index >= 15 is 0 Å². The van der Waals surface area contributed by atoms with Crippen molar-refractivity contribution in [2.45, 2.75) is 52.6 Å². The van der Waals surface area contributed by atoms with Crippen LogP contribution >= 0.6 is 0 Å². The first-order valence-electron chi connectivity index (χ1n) is 8.78. The van der Waals surface area contributed by atoms with Crippen molar-refractivity contribution in [3.63, 3.8) is 0 Å². The molecule has 1 saturated heterocycles. The van der Waals surface area contributed by atoms with Crippen LogP contribution in [0.5, 0.6) is 0 Å². The van der Waals surface area contributed by atoms with Gasteiger partial charge in [-0.1, -0.05) is 26.0 Å². The van der Waals surface area contributed by atoms with E-state index in [1.165, 1.54) is 5.56 Å². The molecule has 134 valence electrons. The van der Waals surface area contributed by atoms with Gasteiger partial charge in [-0.2, -0.15) is 0 Å². The molecule has 1 fully saturated rings. The highest BCUT2D eigenvalue weighted by molar-refractivity contribution is 5.94. The Bertz CT molecular complexity index is 520. The van der Waals surface area contributed by atoms with Crippen molar-refractivity contribution >= 4 is 5.91 Å². The third-order valence-corrected chi connectivity index (χ3v) is 4.36. The third kappa shape index (κ3) is 5.58. The first kappa shape index (κ1) is 18.9. The maximum atomic E-state index is 12.1. The van der Waals surface area contributed by atoms with Crippen molar-refractivity contribution < 1.29 is 14.6 Å². The molecule has 24 heavy (non-hydrogen) atoms. The van der Waals surface area contributed by atoms with Crippen LogP contribution in [0.4, 0.5) is 0 Å². The Balaban J connectivity index is 1.87. The number of aliphatic hydroxyl groups excluding tert-OH is 1. The minimum absolute atomic E-state index is 0.131. The molecule has 5 nitrogen and oxygen atoms in total. The van der Waals surface area contributed by atoms with E-state index in [2.05, 4.69) is 24.1 Å². The van der Waals surface area contributed by atoms with Gasteiger partial charge in [0.25, 0.3) is 5.91 Å². The largest absolute Gasteiger partial charge is 0.391 e. The number of aliphatic hydroxyl groups is 1. The summed E-state index contributed by atoms with van der Waals surface area (Å²) < 4.78 is 5.75. The van der Waals surface area contributed by atoms with Gasteiger partial charge >= 0.3 is 0 Å². The molecule has 5 heteroatoms. The fourth-order valence-corrected chi connectivity index (χ4v) is 2.97. The van der Waals surface area contributed by atoms with Crippen molar-refractivity contribution in [1.82, 2.24) is 10.2 Å². The van der Waals surface area contributed by atoms with E-state index in [9.17, 15) is 9.90 Å². The lowest BCUT2D eigenvalue weighted by Crippen LogP contribution is -2.44. The molecular weight excluding hydrogens is 304 g/mol. The number of nitrogens with one attached hydrogen (secondary N) is 1. The van der Waals surface area contributed by atoms with Crippen molar-refractivity contribution in [2.75, 3.05) is 19.6 Å². The van der Waals surface area contributed by atoms with Crippen molar-refractivity contribution in [2.24, 2.45) is 5.92 Å². The summed E-state index contributed by atoms with van der Waals surface area (Å²) in [5.41, 5.74) is 1.81. The number of rotatable bonds is 6. The Hall–Kier alpha value is -1.43. The number of morpholine rings is 1. The van der Waals surface area contributed by atoms with E-state index in [0.29, 0.717) is 5.56 Å². The average molecular weight is 334 g/mol. The summed E-state index contributed by atoms with van der Waals surface area (Å²) >= 11 is 0. The van der Waals surface area contributed by atoms with Gasteiger partial charge in [0.15, 0.2) is 0 Å². The third-order valence-electron chi connectivity index (χ3n) is 4.36. The van der Waals surface area contributed by atoms with E-state index in [-0.39, 0.29) is 30.6 Å². The topological polar surface area (TPSA) is 61.8 Å². The average Bonchev–Trinajstić information content (AvgIpc) is 2.51. The maximum absolute atomic E-state index is 12.1. The van der Waals surface area contributed by atoms with Gasteiger partial charge in [0.2, 0.25) is 0 Å². The molecule has 0 aromatic heterocycles. The number of nitrogens with zero attached hydrogens (tertiary/aromatic N) is 1. The zero-order valence-corrected chi connectivity index (χ0v) is 15.2. The molecule has 2 rings (SSSR count). The summed E-state index contributed by atoms with van der Waals surface area (Å²) in [5, 5.41) is 12.5. The maximum Gasteiger partial charge on any atom is 0.251 e. The molecule has 3 atom stereocenters. The highest BCUT2D eigenvalue weighted by Gasteiger charge is 2.22. The summed E-state index contributed by atoms with van der Waals surface area (Å²) in [4.78, 5) is 14.5. The minimum atomic E-state index is -0.515. The number of amides is 1. The van der Waals surface area contributed by atoms with Crippen LogP contribution in [0.25, 0.3) is 0 Å².